The molecule has 3 heteroatoms. The van der Waals surface area contributed by atoms with Crippen LogP contribution < -0.4 is 4.74 Å². The number of methoxy groups -OCH3 is 1. The fraction of sp³-hybridized carbons (Fsp3) is 0.364. The van der Waals surface area contributed by atoms with Crippen LogP contribution in [0.25, 0.3) is 0 Å². The van der Waals surface area contributed by atoms with E-state index in [4.69, 9.17) is 4.74 Å². The van der Waals surface area contributed by atoms with Crippen molar-refractivity contribution in [1.29, 1.82) is 0 Å². The third kappa shape index (κ3) is 1.58. The molecule has 0 N–H and O–H groups in total. The monoisotopic (exact) mass is 191 g/mol. The van der Waals surface area contributed by atoms with Gasteiger partial charge in [0.05, 0.1) is 7.11 Å². The van der Waals surface area contributed by atoms with Gasteiger partial charge in [-0.05, 0) is 6.07 Å². The van der Waals surface area contributed by atoms with Gasteiger partial charge in [0.15, 0.2) is 0 Å². The molecular weight excluding hydrogens is 178 g/mol. The van der Waals surface area contributed by atoms with Gasteiger partial charge in [0, 0.05) is 25.1 Å². The number of carbonyl (C=O) groups is 1. The Balaban J connectivity index is 2.11. The second-order valence-electron chi connectivity index (χ2n) is 3.38. The number of nitrogens with zero attached hydrogens (tertiary/aromatic N) is 1. The maximum atomic E-state index is 11.1. The zero-order chi connectivity index (χ0) is 9.97. The van der Waals surface area contributed by atoms with Crippen molar-refractivity contribution in [2.75, 3.05) is 13.7 Å². The van der Waals surface area contributed by atoms with Crippen LogP contribution in [0.2, 0.25) is 0 Å². The Morgan fingerprint density at radius 1 is 1.43 bits per heavy atom. The molecule has 0 saturated carbocycles. The van der Waals surface area contributed by atoms with Gasteiger partial charge < -0.3 is 9.64 Å². The maximum absolute atomic E-state index is 11.1. The quantitative estimate of drug-likeness (QED) is 0.676. The Labute approximate surface area is 83.3 Å². The molecule has 74 valence electrons. The fourth-order valence-corrected chi connectivity index (χ4v) is 1.57. The molecule has 0 aliphatic carbocycles. The van der Waals surface area contributed by atoms with E-state index in [2.05, 4.69) is 0 Å². The van der Waals surface area contributed by atoms with Crippen molar-refractivity contribution in [3.8, 4) is 5.75 Å². The van der Waals surface area contributed by atoms with Gasteiger partial charge in [-0.15, -0.1) is 0 Å². The van der Waals surface area contributed by atoms with Gasteiger partial charge in [-0.1, -0.05) is 18.2 Å². The number of β-lactam (4-membered cyclic amide) rings is 1. The van der Waals surface area contributed by atoms with E-state index in [0.717, 1.165) is 17.9 Å². The van der Waals surface area contributed by atoms with Crippen molar-refractivity contribution < 1.29 is 9.53 Å². The van der Waals surface area contributed by atoms with Gasteiger partial charge in [-0.25, -0.2) is 0 Å². The highest BCUT2D eigenvalue weighted by molar-refractivity contribution is 5.81. The van der Waals surface area contributed by atoms with E-state index in [1.54, 1.807) is 7.11 Å². The van der Waals surface area contributed by atoms with Crippen LogP contribution in [0.5, 0.6) is 5.75 Å². The molecule has 0 unspecified atom stereocenters. The van der Waals surface area contributed by atoms with Crippen LogP contribution in [0.4, 0.5) is 0 Å². The van der Waals surface area contributed by atoms with E-state index < -0.39 is 0 Å². The van der Waals surface area contributed by atoms with E-state index in [-0.39, 0.29) is 5.91 Å². The Morgan fingerprint density at radius 2 is 2.21 bits per heavy atom. The van der Waals surface area contributed by atoms with Gasteiger partial charge in [-0.2, -0.15) is 0 Å². The number of para-hydroxylation sites is 1. The Kier molecular flexibility index (Phi) is 2.39. The number of benzene rings is 1. The molecule has 0 atom stereocenters. The predicted molar refractivity (Wildman–Crippen MR) is 53.0 cm³/mol. The van der Waals surface area contributed by atoms with E-state index in [1.165, 1.54) is 0 Å². The molecule has 1 aliphatic heterocycles. The van der Waals surface area contributed by atoms with Crippen LogP contribution in [0.15, 0.2) is 24.3 Å². The van der Waals surface area contributed by atoms with Crippen LogP contribution in [0.1, 0.15) is 12.0 Å². The first-order valence-corrected chi connectivity index (χ1v) is 4.71. The molecule has 0 spiro atoms. The smallest absolute Gasteiger partial charge is 0.224 e. The first-order chi connectivity index (χ1) is 6.81. The average Bonchev–Trinajstić information content (AvgIpc) is 2.24. The number of rotatable bonds is 3. The first-order valence-electron chi connectivity index (χ1n) is 4.71. The van der Waals surface area contributed by atoms with Gasteiger partial charge in [0.25, 0.3) is 0 Å². The molecule has 14 heavy (non-hydrogen) atoms. The summed E-state index contributed by atoms with van der Waals surface area (Å²) in [5.41, 5.74) is 1.07. The summed E-state index contributed by atoms with van der Waals surface area (Å²) in [7, 11) is 1.65. The minimum atomic E-state index is 0.232. The molecule has 1 heterocycles. The topological polar surface area (TPSA) is 29.5 Å². The molecule has 0 bridgehead atoms. The molecule has 1 aliphatic rings. The summed E-state index contributed by atoms with van der Waals surface area (Å²) >= 11 is 0. The molecule has 3 nitrogen and oxygen atoms in total. The number of likely N-dealkylation sites (tertiary alicyclic amines) is 1. The van der Waals surface area contributed by atoms with Gasteiger partial charge in [0.1, 0.15) is 5.75 Å². The number of hydrogen-bond acceptors (Lipinski definition) is 2. The summed E-state index contributed by atoms with van der Waals surface area (Å²) in [6.07, 6.45) is 0.690. The van der Waals surface area contributed by atoms with E-state index >= 15 is 0 Å². The third-order valence-electron chi connectivity index (χ3n) is 2.50. The molecule has 2 rings (SSSR count). The highest BCUT2D eigenvalue weighted by atomic mass is 16.5. The average molecular weight is 191 g/mol. The summed E-state index contributed by atoms with van der Waals surface area (Å²) in [6.45, 7) is 1.54. The zero-order valence-electron chi connectivity index (χ0n) is 8.19. The van der Waals surface area contributed by atoms with Crippen LogP contribution in [-0.2, 0) is 11.3 Å². The highest BCUT2D eigenvalue weighted by Gasteiger charge is 2.24. The predicted octanol–water partition coefficient (Wildman–Crippen LogP) is 1.43. The normalized spacial score (nSPS) is 15.2. The minimum Gasteiger partial charge on any atom is -0.496 e. The molecule has 0 radical (unpaired) electrons. The molecule has 1 aromatic carbocycles. The summed E-state index contributed by atoms with van der Waals surface area (Å²) in [4.78, 5) is 13.0. The van der Waals surface area contributed by atoms with Gasteiger partial charge in [-0.3, -0.25) is 4.79 Å². The van der Waals surface area contributed by atoms with Crippen LogP contribution in [0, 0.1) is 0 Å². The van der Waals surface area contributed by atoms with Gasteiger partial charge in [0.2, 0.25) is 5.91 Å². The molecule has 1 fully saturated rings. The summed E-state index contributed by atoms with van der Waals surface area (Å²) in [5, 5.41) is 0. The molecule has 1 aromatic rings. The van der Waals surface area contributed by atoms with Crippen LogP contribution in [0.3, 0.4) is 0 Å². The lowest BCUT2D eigenvalue weighted by Crippen LogP contribution is -2.42. The SMILES string of the molecule is COc1ccccc1CN1CCC1=O. The lowest BCUT2D eigenvalue weighted by Gasteiger charge is -2.31. The first kappa shape index (κ1) is 9.06. The second-order valence-corrected chi connectivity index (χ2v) is 3.38. The molecule has 0 aromatic heterocycles. The van der Waals surface area contributed by atoms with Crippen molar-refractivity contribution in [3.05, 3.63) is 29.8 Å². The fourth-order valence-electron chi connectivity index (χ4n) is 1.57. The number of amides is 1. The summed E-state index contributed by atoms with van der Waals surface area (Å²) in [5.74, 6) is 1.09. The lowest BCUT2D eigenvalue weighted by atomic mass is 10.1. The lowest BCUT2D eigenvalue weighted by molar-refractivity contribution is -0.140. The van der Waals surface area contributed by atoms with E-state index in [1.807, 2.05) is 29.2 Å². The highest BCUT2D eigenvalue weighted by Crippen LogP contribution is 2.21. The van der Waals surface area contributed by atoms with E-state index in [9.17, 15) is 4.79 Å². The Hall–Kier alpha value is -1.51. The van der Waals surface area contributed by atoms with Crippen LogP contribution in [-0.4, -0.2) is 24.5 Å². The van der Waals surface area contributed by atoms with Crippen molar-refractivity contribution in [2.24, 2.45) is 0 Å². The molecule has 1 amide bonds. The second kappa shape index (κ2) is 3.70. The standard InChI is InChI=1S/C11H13NO2/c1-14-10-5-3-2-4-9(10)8-12-7-6-11(12)13/h2-5H,6-8H2,1H3. The molecular formula is C11H13NO2. The Bertz CT molecular complexity index is 349. The largest absolute Gasteiger partial charge is 0.496 e. The number of ether oxygens (including phenoxy) is 1. The summed E-state index contributed by atoms with van der Waals surface area (Å²) < 4.78 is 5.21. The van der Waals surface area contributed by atoms with Crippen molar-refractivity contribution >= 4 is 5.91 Å². The molecule has 1 saturated heterocycles. The maximum Gasteiger partial charge on any atom is 0.224 e. The van der Waals surface area contributed by atoms with Gasteiger partial charge >= 0.3 is 0 Å². The Morgan fingerprint density at radius 3 is 2.79 bits per heavy atom. The van der Waals surface area contributed by atoms with Crippen molar-refractivity contribution in [1.82, 2.24) is 4.90 Å². The van der Waals surface area contributed by atoms with E-state index in [0.29, 0.717) is 13.0 Å². The third-order valence-corrected chi connectivity index (χ3v) is 2.50. The zero-order valence-corrected chi connectivity index (χ0v) is 8.19. The van der Waals surface area contributed by atoms with Crippen LogP contribution >= 0.6 is 0 Å². The summed E-state index contributed by atoms with van der Waals surface area (Å²) in [6, 6.07) is 7.80. The van der Waals surface area contributed by atoms with Crippen molar-refractivity contribution in [3.63, 3.8) is 0 Å². The number of hydrogen-bond donors (Lipinski definition) is 0. The number of carbonyl (C=O) groups excluding carboxylic acids is 1. The minimum absolute atomic E-state index is 0.232. The van der Waals surface area contributed by atoms with Crippen molar-refractivity contribution in [2.45, 2.75) is 13.0 Å².